The molecule has 1 aliphatic rings. The van der Waals surface area contributed by atoms with Gasteiger partial charge in [0.05, 0.1) is 22.4 Å². The summed E-state index contributed by atoms with van der Waals surface area (Å²) in [6.07, 6.45) is 1.42. The van der Waals surface area contributed by atoms with Gasteiger partial charge in [0.25, 0.3) is 5.91 Å². The number of halogens is 1. The topological polar surface area (TPSA) is 93.5 Å². The Balaban J connectivity index is 2.17. The molecule has 0 spiro atoms. The first-order valence-electron chi connectivity index (χ1n) is 6.34. The lowest BCUT2D eigenvalue weighted by atomic mass is 10.1. The van der Waals surface area contributed by atoms with E-state index in [1.807, 2.05) is 6.92 Å². The molecule has 0 unspecified atom stereocenters. The summed E-state index contributed by atoms with van der Waals surface area (Å²) in [5.41, 5.74) is 6.64. The molecule has 7 heteroatoms. The van der Waals surface area contributed by atoms with E-state index in [4.69, 9.17) is 22.1 Å². The molecule has 20 heavy (non-hydrogen) atoms. The van der Waals surface area contributed by atoms with Gasteiger partial charge >= 0.3 is 0 Å². The minimum atomic E-state index is -0.576. The van der Waals surface area contributed by atoms with Gasteiger partial charge in [-0.15, -0.1) is 0 Å². The number of fused-ring (bicyclic) bond motifs is 1. The van der Waals surface area contributed by atoms with Crippen molar-refractivity contribution in [2.75, 3.05) is 17.2 Å². The van der Waals surface area contributed by atoms with E-state index in [-0.39, 0.29) is 18.4 Å². The highest BCUT2D eigenvalue weighted by Crippen LogP contribution is 2.36. The molecule has 0 saturated heterocycles. The zero-order valence-corrected chi connectivity index (χ0v) is 11.8. The minimum Gasteiger partial charge on any atom is -0.482 e. The van der Waals surface area contributed by atoms with E-state index in [2.05, 4.69) is 10.6 Å². The van der Waals surface area contributed by atoms with Crippen molar-refractivity contribution in [3.05, 3.63) is 17.2 Å². The van der Waals surface area contributed by atoms with Gasteiger partial charge in [-0.2, -0.15) is 0 Å². The molecule has 1 aromatic rings. The first kappa shape index (κ1) is 14.6. The van der Waals surface area contributed by atoms with E-state index in [9.17, 15) is 9.59 Å². The van der Waals surface area contributed by atoms with Crippen molar-refractivity contribution in [1.29, 1.82) is 0 Å². The maximum atomic E-state index is 11.9. The highest BCUT2D eigenvalue weighted by atomic mass is 35.5. The van der Waals surface area contributed by atoms with E-state index in [1.165, 1.54) is 6.07 Å². The van der Waals surface area contributed by atoms with E-state index in [0.29, 0.717) is 28.6 Å². The average molecular weight is 298 g/mol. The zero-order chi connectivity index (χ0) is 14.7. The fourth-order valence-corrected chi connectivity index (χ4v) is 2.07. The molecule has 0 radical (unpaired) electrons. The second-order valence-corrected chi connectivity index (χ2v) is 4.96. The molecule has 0 saturated carbocycles. The fourth-order valence-electron chi connectivity index (χ4n) is 1.86. The molecule has 0 fully saturated rings. The summed E-state index contributed by atoms with van der Waals surface area (Å²) in [5.74, 6) is -0.0720. The van der Waals surface area contributed by atoms with Crippen molar-refractivity contribution in [2.24, 2.45) is 5.73 Å². The van der Waals surface area contributed by atoms with Crippen molar-refractivity contribution >= 4 is 34.8 Å². The highest BCUT2D eigenvalue weighted by molar-refractivity contribution is 6.34. The average Bonchev–Trinajstić information content (AvgIpc) is 2.40. The maximum absolute atomic E-state index is 11.9. The van der Waals surface area contributed by atoms with E-state index in [0.717, 1.165) is 6.42 Å². The predicted octanol–water partition coefficient (Wildman–Crippen LogP) is 1.74. The van der Waals surface area contributed by atoms with Gasteiger partial charge in [-0.25, -0.2) is 0 Å². The smallest absolute Gasteiger partial charge is 0.262 e. The third-order valence-electron chi connectivity index (χ3n) is 2.90. The number of ether oxygens (including phenoxy) is 1. The Hall–Kier alpha value is -1.79. The number of carbonyl (C=O) groups is 2. The van der Waals surface area contributed by atoms with Crippen molar-refractivity contribution in [1.82, 2.24) is 0 Å². The normalized spacial score (nSPS) is 14.8. The van der Waals surface area contributed by atoms with Crippen LogP contribution in [0.5, 0.6) is 5.75 Å². The molecular formula is C13H16ClN3O3. The molecule has 2 rings (SSSR count). The van der Waals surface area contributed by atoms with Crippen molar-refractivity contribution in [3.8, 4) is 5.75 Å². The third kappa shape index (κ3) is 3.20. The van der Waals surface area contributed by atoms with Crippen LogP contribution < -0.4 is 21.1 Å². The van der Waals surface area contributed by atoms with E-state index < -0.39 is 6.04 Å². The van der Waals surface area contributed by atoms with Crippen molar-refractivity contribution in [2.45, 2.75) is 25.8 Å². The predicted molar refractivity (Wildman–Crippen MR) is 77.1 cm³/mol. The van der Waals surface area contributed by atoms with Crippen LogP contribution in [0.4, 0.5) is 11.4 Å². The standard InChI is InChI=1S/C13H16ClN3O3/c1-2-3-8(15)13(19)17-9-5-11-10(4-7(9)14)16-12(18)6-20-11/h4-5,8H,2-3,6,15H2,1H3,(H,16,18)(H,17,19)/t8-/m1/s1. The monoisotopic (exact) mass is 297 g/mol. The van der Waals surface area contributed by atoms with Gasteiger partial charge in [-0.1, -0.05) is 24.9 Å². The second kappa shape index (κ2) is 6.11. The van der Waals surface area contributed by atoms with E-state index in [1.54, 1.807) is 6.07 Å². The Kier molecular flexibility index (Phi) is 4.46. The van der Waals surface area contributed by atoms with Crippen LogP contribution in [0.25, 0.3) is 0 Å². The van der Waals surface area contributed by atoms with Gasteiger partial charge in [0.15, 0.2) is 6.61 Å². The van der Waals surface area contributed by atoms with Gasteiger partial charge in [0.1, 0.15) is 5.75 Å². The number of benzene rings is 1. The Morgan fingerprint density at radius 1 is 1.60 bits per heavy atom. The molecule has 4 N–H and O–H groups in total. The molecule has 1 aliphatic heterocycles. The lowest BCUT2D eigenvalue weighted by molar-refractivity contribution is -0.119. The summed E-state index contributed by atoms with van der Waals surface area (Å²) < 4.78 is 5.27. The number of hydrogen-bond acceptors (Lipinski definition) is 4. The van der Waals surface area contributed by atoms with Crippen LogP contribution in [-0.4, -0.2) is 24.5 Å². The lowest BCUT2D eigenvalue weighted by Gasteiger charge is -2.20. The molecule has 108 valence electrons. The third-order valence-corrected chi connectivity index (χ3v) is 3.21. The number of hydrogen-bond donors (Lipinski definition) is 3. The molecule has 1 heterocycles. The van der Waals surface area contributed by atoms with Gasteiger partial charge in [0.2, 0.25) is 5.91 Å². The van der Waals surface area contributed by atoms with Gasteiger partial charge < -0.3 is 21.1 Å². The summed E-state index contributed by atoms with van der Waals surface area (Å²) in [7, 11) is 0. The zero-order valence-electron chi connectivity index (χ0n) is 11.0. The van der Waals surface area contributed by atoms with Crippen LogP contribution in [0, 0.1) is 0 Å². The number of carbonyl (C=O) groups excluding carboxylic acids is 2. The second-order valence-electron chi connectivity index (χ2n) is 4.55. The quantitative estimate of drug-likeness (QED) is 0.789. The number of amides is 2. The molecule has 0 aliphatic carbocycles. The molecule has 0 aromatic heterocycles. The minimum absolute atomic E-state index is 0.0582. The van der Waals surface area contributed by atoms with Crippen LogP contribution >= 0.6 is 11.6 Å². The van der Waals surface area contributed by atoms with Crippen LogP contribution in [0.3, 0.4) is 0 Å². The molecule has 1 aromatic carbocycles. The summed E-state index contributed by atoms with van der Waals surface area (Å²) in [6, 6.07) is 2.54. The first-order chi connectivity index (χ1) is 9.51. The summed E-state index contributed by atoms with van der Waals surface area (Å²) >= 11 is 6.07. The maximum Gasteiger partial charge on any atom is 0.262 e. The molecule has 1 atom stereocenters. The Labute approximate surface area is 121 Å². The number of anilines is 2. The lowest BCUT2D eigenvalue weighted by Crippen LogP contribution is -2.35. The molecule has 0 bridgehead atoms. The molecule has 6 nitrogen and oxygen atoms in total. The largest absolute Gasteiger partial charge is 0.482 e. The summed E-state index contributed by atoms with van der Waals surface area (Å²) in [6.45, 7) is 1.90. The Bertz CT molecular complexity index is 548. The van der Waals surface area contributed by atoms with Gasteiger partial charge in [-0.05, 0) is 12.5 Å². The van der Waals surface area contributed by atoms with Gasteiger partial charge in [0, 0.05) is 6.07 Å². The van der Waals surface area contributed by atoms with Crippen molar-refractivity contribution < 1.29 is 14.3 Å². The number of rotatable bonds is 4. The summed E-state index contributed by atoms with van der Waals surface area (Å²) in [4.78, 5) is 23.1. The number of nitrogens with one attached hydrogen (secondary N) is 2. The van der Waals surface area contributed by atoms with Crippen LogP contribution in [0.1, 0.15) is 19.8 Å². The van der Waals surface area contributed by atoms with Crippen LogP contribution in [0.15, 0.2) is 12.1 Å². The first-order valence-corrected chi connectivity index (χ1v) is 6.71. The SMILES string of the molecule is CCC[C@@H](N)C(=O)Nc1cc2c(cc1Cl)NC(=O)CO2. The van der Waals surface area contributed by atoms with Crippen molar-refractivity contribution in [3.63, 3.8) is 0 Å². The fraction of sp³-hybridized carbons (Fsp3) is 0.385. The summed E-state index contributed by atoms with van der Waals surface area (Å²) in [5, 5.41) is 5.62. The molecule has 2 amide bonds. The highest BCUT2D eigenvalue weighted by Gasteiger charge is 2.20. The van der Waals surface area contributed by atoms with E-state index >= 15 is 0 Å². The molecular weight excluding hydrogens is 282 g/mol. The Morgan fingerprint density at radius 2 is 2.35 bits per heavy atom. The van der Waals surface area contributed by atoms with Crippen LogP contribution in [-0.2, 0) is 9.59 Å². The van der Waals surface area contributed by atoms with Crippen LogP contribution in [0.2, 0.25) is 5.02 Å². The van der Waals surface area contributed by atoms with Gasteiger partial charge in [-0.3, -0.25) is 9.59 Å². The Morgan fingerprint density at radius 3 is 3.05 bits per heavy atom. The number of nitrogens with two attached hydrogens (primary N) is 1.